The molecule has 1 aromatic heterocycles. The van der Waals surface area contributed by atoms with Crippen molar-refractivity contribution >= 4 is 29.5 Å². The maximum Gasteiger partial charge on any atom is 0.359 e. The molecule has 220 valence electrons. The van der Waals surface area contributed by atoms with Crippen molar-refractivity contribution in [1.29, 1.82) is 0 Å². The van der Waals surface area contributed by atoms with Crippen molar-refractivity contribution in [1.82, 2.24) is 15.1 Å². The molecule has 13 nitrogen and oxygen atoms in total. The van der Waals surface area contributed by atoms with Crippen molar-refractivity contribution in [2.75, 3.05) is 21.3 Å². The number of nitro benzene ring substituents is 1. The topological polar surface area (TPSA) is 169 Å². The summed E-state index contributed by atoms with van der Waals surface area (Å²) in [4.78, 5) is 63.5. The normalized spacial score (nSPS) is 12.0. The second-order valence-electron chi connectivity index (χ2n) is 9.00. The molecule has 0 aliphatic rings. The molecule has 0 saturated heterocycles. The van der Waals surface area contributed by atoms with Gasteiger partial charge in [0.1, 0.15) is 11.6 Å². The minimum Gasteiger partial charge on any atom is -0.467 e. The van der Waals surface area contributed by atoms with Gasteiger partial charge >= 0.3 is 17.9 Å². The van der Waals surface area contributed by atoms with Crippen molar-refractivity contribution in [3.05, 3.63) is 117 Å². The number of nitro groups is 1. The Bertz CT molecular complexity index is 1650. The standard InChI is InChI=1S/C30H26N4O9/c1-41-28(36)22-23(29(37)42-2)32-33(25(22)19-14-16-21(17-15-19)34(39)40)26(18-10-6-4-7-11-18)24(30(38)43-3)31-27(35)20-12-8-5-9-13-20/h4-17,24,26H,1-3H3,(H,31,35)/t24-,26-/m1/s1. The van der Waals surface area contributed by atoms with Gasteiger partial charge in [-0.1, -0.05) is 48.5 Å². The number of methoxy groups -OCH3 is 3. The summed E-state index contributed by atoms with van der Waals surface area (Å²) in [5.74, 6) is -3.42. The molecule has 1 amide bonds. The van der Waals surface area contributed by atoms with Gasteiger partial charge in [-0.3, -0.25) is 19.6 Å². The smallest absolute Gasteiger partial charge is 0.359 e. The second-order valence-corrected chi connectivity index (χ2v) is 9.00. The molecule has 1 N–H and O–H groups in total. The highest BCUT2D eigenvalue weighted by molar-refractivity contribution is 6.06. The highest BCUT2D eigenvalue weighted by atomic mass is 16.6. The van der Waals surface area contributed by atoms with Crippen LogP contribution in [-0.4, -0.2) is 65.9 Å². The molecular weight excluding hydrogens is 560 g/mol. The first-order valence-electron chi connectivity index (χ1n) is 12.7. The summed E-state index contributed by atoms with van der Waals surface area (Å²) in [6.45, 7) is 0. The lowest BCUT2D eigenvalue weighted by atomic mass is 9.97. The van der Waals surface area contributed by atoms with Gasteiger partial charge in [0.05, 0.1) is 31.9 Å². The third-order valence-electron chi connectivity index (χ3n) is 6.53. The van der Waals surface area contributed by atoms with E-state index in [-0.39, 0.29) is 28.1 Å². The Morgan fingerprint density at radius 2 is 1.40 bits per heavy atom. The van der Waals surface area contributed by atoms with Gasteiger partial charge in [0.2, 0.25) is 0 Å². The predicted molar refractivity (Wildman–Crippen MR) is 151 cm³/mol. The lowest BCUT2D eigenvalue weighted by Gasteiger charge is -2.28. The summed E-state index contributed by atoms with van der Waals surface area (Å²) in [6.07, 6.45) is 0. The fourth-order valence-corrected chi connectivity index (χ4v) is 4.52. The third kappa shape index (κ3) is 6.25. The lowest BCUT2D eigenvalue weighted by Crippen LogP contribution is -2.48. The van der Waals surface area contributed by atoms with E-state index >= 15 is 0 Å². The molecule has 2 atom stereocenters. The number of hydrogen-bond acceptors (Lipinski definition) is 10. The fourth-order valence-electron chi connectivity index (χ4n) is 4.52. The third-order valence-corrected chi connectivity index (χ3v) is 6.53. The summed E-state index contributed by atoms with van der Waals surface area (Å²) >= 11 is 0. The van der Waals surface area contributed by atoms with Crippen LogP contribution in [-0.2, 0) is 19.0 Å². The first-order chi connectivity index (χ1) is 20.7. The monoisotopic (exact) mass is 586 g/mol. The molecule has 3 aromatic carbocycles. The van der Waals surface area contributed by atoms with E-state index in [1.807, 2.05) is 0 Å². The number of esters is 3. The number of nitrogens with zero attached hydrogens (tertiary/aromatic N) is 3. The number of ether oxygens (including phenoxy) is 3. The van der Waals surface area contributed by atoms with E-state index in [2.05, 4.69) is 10.4 Å². The zero-order valence-electron chi connectivity index (χ0n) is 23.3. The molecular formula is C30H26N4O9. The number of aromatic nitrogens is 2. The summed E-state index contributed by atoms with van der Waals surface area (Å²) in [7, 11) is 3.35. The minimum absolute atomic E-state index is 0.0288. The maximum atomic E-state index is 13.4. The van der Waals surface area contributed by atoms with E-state index in [1.54, 1.807) is 60.7 Å². The van der Waals surface area contributed by atoms with E-state index < -0.39 is 46.5 Å². The zero-order valence-corrected chi connectivity index (χ0v) is 23.3. The lowest BCUT2D eigenvalue weighted by molar-refractivity contribution is -0.384. The van der Waals surface area contributed by atoms with Crippen molar-refractivity contribution in [2.45, 2.75) is 12.1 Å². The van der Waals surface area contributed by atoms with E-state index in [9.17, 15) is 29.3 Å². The number of non-ortho nitro benzene ring substituents is 1. The van der Waals surface area contributed by atoms with Gasteiger partial charge in [0.25, 0.3) is 11.6 Å². The van der Waals surface area contributed by atoms with Gasteiger partial charge in [-0.2, -0.15) is 5.10 Å². The van der Waals surface area contributed by atoms with Crippen LogP contribution < -0.4 is 5.32 Å². The highest BCUT2D eigenvalue weighted by Crippen LogP contribution is 2.35. The number of carbonyl (C=O) groups is 4. The van der Waals surface area contributed by atoms with Crippen LogP contribution in [0, 0.1) is 10.1 Å². The first kappa shape index (κ1) is 30.1. The number of nitrogens with one attached hydrogen (secondary N) is 1. The minimum atomic E-state index is -1.45. The fraction of sp³-hybridized carbons (Fsp3) is 0.167. The molecule has 0 unspecified atom stereocenters. The van der Waals surface area contributed by atoms with Gasteiger partial charge in [0, 0.05) is 23.3 Å². The number of amides is 1. The maximum absolute atomic E-state index is 13.4. The molecule has 1 heterocycles. The van der Waals surface area contributed by atoms with Crippen LogP contribution in [0.1, 0.15) is 42.8 Å². The van der Waals surface area contributed by atoms with Crippen molar-refractivity contribution in [3.63, 3.8) is 0 Å². The summed E-state index contributed by atoms with van der Waals surface area (Å²) < 4.78 is 16.2. The van der Waals surface area contributed by atoms with Crippen LogP contribution in [0.3, 0.4) is 0 Å². The number of carbonyl (C=O) groups excluding carboxylic acids is 4. The van der Waals surface area contributed by atoms with Crippen LogP contribution in [0.25, 0.3) is 11.3 Å². The second kappa shape index (κ2) is 13.2. The van der Waals surface area contributed by atoms with E-state index in [0.29, 0.717) is 5.56 Å². The Morgan fingerprint density at radius 1 is 0.814 bits per heavy atom. The van der Waals surface area contributed by atoms with Crippen LogP contribution in [0.4, 0.5) is 5.69 Å². The van der Waals surface area contributed by atoms with Crippen molar-refractivity contribution < 1.29 is 38.3 Å². The van der Waals surface area contributed by atoms with Gasteiger partial charge in [-0.05, 0) is 29.8 Å². The molecule has 0 bridgehead atoms. The highest BCUT2D eigenvalue weighted by Gasteiger charge is 2.40. The average molecular weight is 587 g/mol. The van der Waals surface area contributed by atoms with Crippen LogP contribution in [0.15, 0.2) is 84.9 Å². The van der Waals surface area contributed by atoms with Crippen molar-refractivity contribution in [3.8, 4) is 11.3 Å². The summed E-state index contributed by atoms with van der Waals surface area (Å²) in [5, 5.41) is 18.5. The average Bonchev–Trinajstić information content (AvgIpc) is 3.44. The molecule has 0 aliphatic carbocycles. The quantitative estimate of drug-likeness (QED) is 0.125. The zero-order chi connectivity index (χ0) is 31.1. The Hall–Kier alpha value is -5.85. The van der Waals surface area contributed by atoms with Gasteiger partial charge in [-0.25, -0.2) is 14.4 Å². The summed E-state index contributed by atoms with van der Waals surface area (Å²) in [5.41, 5.74) is -0.116. The Morgan fingerprint density at radius 3 is 1.93 bits per heavy atom. The molecule has 0 spiro atoms. The molecule has 4 rings (SSSR count). The molecule has 0 saturated carbocycles. The number of hydrogen-bond donors (Lipinski definition) is 1. The molecule has 0 aliphatic heterocycles. The Kier molecular flexibility index (Phi) is 9.25. The van der Waals surface area contributed by atoms with Gasteiger partial charge < -0.3 is 19.5 Å². The van der Waals surface area contributed by atoms with E-state index in [1.165, 1.54) is 28.9 Å². The van der Waals surface area contributed by atoms with Crippen molar-refractivity contribution in [2.24, 2.45) is 0 Å². The molecule has 0 radical (unpaired) electrons. The molecule has 0 fully saturated rings. The number of rotatable bonds is 10. The Balaban J connectivity index is 2.05. The van der Waals surface area contributed by atoms with Gasteiger partial charge in [-0.15, -0.1) is 0 Å². The summed E-state index contributed by atoms with van der Waals surface area (Å²) in [6, 6.07) is 19.0. The van der Waals surface area contributed by atoms with Crippen LogP contribution >= 0.6 is 0 Å². The SMILES string of the molecule is COC(=O)c1nn([C@H](c2ccccc2)[C@@H](NC(=O)c2ccccc2)C(=O)OC)c(-c2ccc([N+](=O)[O-])cc2)c1C(=O)OC. The Labute approximate surface area is 245 Å². The predicted octanol–water partition coefficient (Wildman–Crippen LogP) is 3.59. The molecule has 4 aromatic rings. The van der Waals surface area contributed by atoms with E-state index in [4.69, 9.17) is 14.2 Å². The molecule has 43 heavy (non-hydrogen) atoms. The van der Waals surface area contributed by atoms with Crippen LogP contribution in [0.2, 0.25) is 0 Å². The number of benzene rings is 3. The van der Waals surface area contributed by atoms with Crippen LogP contribution in [0.5, 0.6) is 0 Å². The van der Waals surface area contributed by atoms with E-state index in [0.717, 1.165) is 21.3 Å². The largest absolute Gasteiger partial charge is 0.467 e. The first-order valence-corrected chi connectivity index (χ1v) is 12.7. The van der Waals surface area contributed by atoms with Gasteiger partial charge in [0.15, 0.2) is 11.7 Å². The molecule has 13 heteroatoms.